The fourth-order valence-corrected chi connectivity index (χ4v) is 2.48. The van der Waals surface area contributed by atoms with Crippen LogP contribution in [-0.2, 0) is 6.61 Å². The first kappa shape index (κ1) is 19.1. The maximum absolute atomic E-state index is 12.1. The van der Waals surface area contributed by atoms with E-state index in [1.165, 1.54) is 5.56 Å². The molecule has 0 saturated carbocycles. The van der Waals surface area contributed by atoms with Crippen molar-refractivity contribution in [2.75, 3.05) is 0 Å². The van der Waals surface area contributed by atoms with Crippen molar-refractivity contribution in [3.63, 3.8) is 0 Å². The molecule has 3 aromatic carbocycles. The fourth-order valence-electron chi connectivity index (χ4n) is 2.48. The van der Waals surface area contributed by atoms with Crippen molar-refractivity contribution in [2.24, 2.45) is 5.10 Å². The van der Waals surface area contributed by atoms with E-state index >= 15 is 0 Å². The average Bonchev–Trinajstić information content (AvgIpc) is 2.74. The highest BCUT2D eigenvalue weighted by Gasteiger charge is 2.04. The molecule has 3 aromatic rings. The highest BCUT2D eigenvalue weighted by Crippen LogP contribution is 2.14. The first-order chi connectivity index (χ1) is 13.7. The minimum absolute atomic E-state index is 0.269. The Kier molecular flexibility index (Phi) is 6.74. The Balaban J connectivity index is 1.47. The summed E-state index contributed by atoms with van der Waals surface area (Å²) in [5.74, 6) is 0.445. The number of benzene rings is 3. The molecule has 1 N–H and O–H groups in total. The second-order valence-corrected chi connectivity index (χ2v) is 6.29. The van der Waals surface area contributed by atoms with Gasteiger partial charge in [0.15, 0.2) is 0 Å². The molecule has 0 radical (unpaired) electrons. The largest absolute Gasteiger partial charge is 0.489 e. The van der Waals surface area contributed by atoms with Crippen molar-refractivity contribution >= 4 is 18.2 Å². The van der Waals surface area contributed by atoms with Crippen LogP contribution in [0.25, 0.3) is 6.08 Å². The van der Waals surface area contributed by atoms with E-state index in [-0.39, 0.29) is 5.91 Å². The summed E-state index contributed by atoms with van der Waals surface area (Å²) in [5, 5.41) is 3.93. The number of hydrogen-bond acceptors (Lipinski definition) is 3. The number of carbonyl (C=O) groups excluding carboxylic acids is 1. The third kappa shape index (κ3) is 5.95. The number of aryl methyl sites for hydroxylation is 1. The summed E-state index contributed by atoms with van der Waals surface area (Å²) in [6.07, 6.45) is 5.23. The van der Waals surface area contributed by atoms with E-state index in [1.54, 1.807) is 36.6 Å². The average molecular weight is 370 g/mol. The number of hydrazone groups is 1. The molecular formula is C24H22N2O2. The van der Waals surface area contributed by atoms with Crippen molar-refractivity contribution in [2.45, 2.75) is 13.5 Å². The Morgan fingerprint density at radius 2 is 1.68 bits per heavy atom. The van der Waals surface area contributed by atoms with Gasteiger partial charge in [-0.2, -0.15) is 5.10 Å². The van der Waals surface area contributed by atoms with E-state index in [0.29, 0.717) is 17.9 Å². The normalized spacial score (nSPS) is 11.0. The zero-order valence-corrected chi connectivity index (χ0v) is 15.7. The van der Waals surface area contributed by atoms with Gasteiger partial charge >= 0.3 is 0 Å². The lowest BCUT2D eigenvalue weighted by atomic mass is 10.2. The first-order valence-electron chi connectivity index (χ1n) is 9.04. The van der Waals surface area contributed by atoms with E-state index in [4.69, 9.17) is 4.74 Å². The molecule has 0 fully saturated rings. The van der Waals surface area contributed by atoms with Gasteiger partial charge in [0.1, 0.15) is 12.4 Å². The highest BCUT2D eigenvalue weighted by atomic mass is 16.5. The van der Waals surface area contributed by atoms with Crippen LogP contribution in [0.2, 0.25) is 0 Å². The molecule has 0 bridgehead atoms. The Morgan fingerprint density at radius 3 is 2.39 bits per heavy atom. The molecule has 0 aliphatic rings. The molecule has 0 aromatic heterocycles. The van der Waals surface area contributed by atoms with Gasteiger partial charge in [-0.05, 0) is 48.4 Å². The Labute approximate surface area is 165 Å². The quantitative estimate of drug-likeness (QED) is 0.470. The minimum atomic E-state index is -0.269. The molecule has 4 nitrogen and oxygen atoms in total. The van der Waals surface area contributed by atoms with Gasteiger partial charge in [0.05, 0.1) is 0 Å². The number of rotatable bonds is 7. The molecule has 1 amide bonds. The molecule has 0 saturated heterocycles. The third-order valence-electron chi connectivity index (χ3n) is 4.06. The molecule has 0 unspecified atom stereocenters. The van der Waals surface area contributed by atoms with Crippen LogP contribution in [-0.4, -0.2) is 12.1 Å². The summed E-state index contributed by atoms with van der Waals surface area (Å²) < 4.78 is 5.75. The summed E-state index contributed by atoms with van der Waals surface area (Å²) in [5.41, 5.74) is 6.42. The number of ether oxygens (including phenoxy) is 1. The lowest BCUT2D eigenvalue weighted by Gasteiger charge is -2.07. The topological polar surface area (TPSA) is 50.7 Å². The molecule has 0 atom stereocenters. The van der Waals surface area contributed by atoms with E-state index in [0.717, 1.165) is 11.1 Å². The van der Waals surface area contributed by atoms with Crippen LogP contribution < -0.4 is 10.2 Å². The van der Waals surface area contributed by atoms with Crippen molar-refractivity contribution < 1.29 is 9.53 Å². The zero-order valence-electron chi connectivity index (χ0n) is 15.7. The van der Waals surface area contributed by atoms with Gasteiger partial charge in [-0.3, -0.25) is 4.79 Å². The number of allylic oxidation sites excluding steroid dienone is 1. The summed E-state index contributed by atoms with van der Waals surface area (Å²) >= 11 is 0. The van der Waals surface area contributed by atoms with Crippen LogP contribution in [0.3, 0.4) is 0 Å². The molecular weight excluding hydrogens is 348 g/mol. The molecule has 0 spiro atoms. The van der Waals surface area contributed by atoms with Gasteiger partial charge in [0.25, 0.3) is 5.91 Å². The monoisotopic (exact) mass is 370 g/mol. The molecule has 140 valence electrons. The maximum Gasteiger partial charge on any atom is 0.271 e. The van der Waals surface area contributed by atoms with E-state index in [1.807, 2.05) is 48.5 Å². The van der Waals surface area contributed by atoms with Crippen LogP contribution in [0.15, 0.2) is 90.0 Å². The van der Waals surface area contributed by atoms with Crippen molar-refractivity contribution in [1.82, 2.24) is 5.43 Å². The molecule has 0 aliphatic carbocycles. The SMILES string of the molecule is Cc1ccc(COc2ccc(C(=O)N/N=C/C=C\c3ccccc3)cc2)cc1. The molecule has 0 heterocycles. The summed E-state index contributed by atoms with van der Waals surface area (Å²) in [6, 6.07) is 25.1. The molecule has 3 rings (SSSR count). The van der Waals surface area contributed by atoms with E-state index in [2.05, 4.69) is 29.6 Å². The molecule has 0 aliphatic heterocycles. The van der Waals surface area contributed by atoms with Crippen LogP contribution in [0.4, 0.5) is 0 Å². The summed E-state index contributed by atoms with van der Waals surface area (Å²) in [6.45, 7) is 2.54. The number of amides is 1. The van der Waals surface area contributed by atoms with Crippen molar-refractivity contribution in [3.05, 3.63) is 107 Å². The predicted octanol–water partition coefficient (Wildman–Crippen LogP) is 5.00. The van der Waals surface area contributed by atoms with Crippen LogP contribution in [0, 0.1) is 6.92 Å². The highest BCUT2D eigenvalue weighted by molar-refractivity contribution is 5.94. The predicted molar refractivity (Wildman–Crippen MR) is 113 cm³/mol. The smallest absolute Gasteiger partial charge is 0.271 e. The summed E-state index contributed by atoms with van der Waals surface area (Å²) in [4.78, 5) is 12.1. The van der Waals surface area contributed by atoms with Gasteiger partial charge in [-0.25, -0.2) is 5.43 Å². The van der Waals surface area contributed by atoms with Gasteiger partial charge in [0, 0.05) is 11.8 Å². The molecule has 28 heavy (non-hydrogen) atoms. The van der Waals surface area contributed by atoms with Crippen molar-refractivity contribution in [3.8, 4) is 5.75 Å². The van der Waals surface area contributed by atoms with Gasteiger partial charge in [-0.1, -0.05) is 66.2 Å². The van der Waals surface area contributed by atoms with E-state index in [9.17, 15) is 4.79 Å². The molecule has 4 heteroatoms. The Bertz CT molecular complexity index is 944. The Morgan fingerprint density at radius 1 is 0.964 bits per heavy atom. The third-order valence-corrected chi connectivity index (χ3v) is 4.06. The standard InChI is InChI=1S/C24H22N2O2/c1-19-9-11-21(12-10-19)18-28-23-15-13-22(14-16-23)24(27)26-25-17-5-8-20-6-3-2-4-7-20/h2-17H,18H2,1H3,(H,26,27)/b8-5-,25-17+. The number of hydrogen-bond donors (Lipinski definition) is 1. The summed E-state index contributed by atoms with van der Waals surface area (Å²) in [7, 11) is 0. The lowest BCUT2D eigenvalue weighted by molar-refractivity contribution is 0.0955. The number of nitrogens with zero attached hydrogens (tertiary/aromatic N) is 1. The van der Waals surface area contributed by atoms with Gasteiger partial charge < -0.3 is 4.74 Å². The second-order valence-electron chi connectivity index (χ2n) is 6.29. The zero-order chi connectivity index (χ0) is 19.6. The Hall–Kier alpha value is -3.66. The van der Waals surface area contributed by atoms with Gasteiger partial charge in [0.2, 0.25) is 0 Å². The van der Waals surface area contributed by atoms with Crippen molar-refractivity contribution in [1.29, 1.82) is 0 Å². The van der Waals surface area contributed by atoms with Crippen LogP contribution in [0.5, 0.6) is 5.75 Å². The minimum Gasteiger partial charge on any atom is -0.489 e. The van der Waals surface area contributed by atoms with Crippen LogP contribution >= 0.6 is 0 Å². The second kappa shape index (κ2) is 9.88. The van der Waals surface area contributed by atoms with Gasteiger partial charge in [-0.15, -0.1) is 0 Å². The first-order valence-corrected chi connectivity index (χ1v) is 9.04. The lowest BCUT2D eigenvalue weighted by Crippen LogP contribution is -2.17. The number of carbonyl (C=O) groups is 1. The maximum atomic E-state index is 12.1. The number of nitrogens with one attached hydrogen (secondary N) is 1. The van der Waals surface area contributed by atoms with Crippen LogP contribution in [0.1, 0.15) is 27.0 Å². The van der Waals surface area contributed by atoms with E-state index < -0.39 is 0 Å². The fraction of sp³-hybridized carbons (Fsp3) is 0.0833.